The Kier molecular flexibility index (Phi) is 4.63. The number of hydrogen-bond donors (Lipinski definition) is 2. The molecule has 6 heteroatoms. The van der Waals surface area contributed by atoms with Crippen molar-refractivity contribution in [1.29, 1.82) is 0 Å². The van der Waals surface area contributed by atoms with Crippen molar-refractivity contribution in [2.75, 3.05) is 24.2 Å². The van der Waals surface area contributed by atoms with Gasteiger partial charge in [-0.3, -0.25) is 9.59 Å². The second kappa shape index (κ2) is 6.43. The van der Waals surface area contributed by atoms with Crippen molar-refractivity contribution in [3.63, 3.8) is 0 Å². The van der Waals surface area contributed by atoms with Crippen LogP contribution in [0.15, 0.2) is 33.9 Å². The maximum Gasteiger partial charge on any atom is 0.253 e. The van der Waals surface area contributed by atoms with Crippen LogP contribution in [0.3, 0.4) is 0 Å². The first-order valence-corrected chi connectivity index (χ1v) is 6.77. The molecule has 5 nitrogen and oxygen atoms in total. The lowest BCUT2D eigenvalue weighted by atomic mass is 10.2. The first-order valence-electron chi connectivity index (χ1n) is 6.24. The Morgan fingerprint density at radius 1 is 1.25 bits per heavy atom. The Labute approximate surface area is 121 Å². The normalized spacial score (nSPS) is 10.7. The standard InChI is InChI=1S/C14H15ClN2O3/c15-8-9-3-1-4-10(7-9)20-6-2-5-17-12-11(16)13(18)14(12)19/h1,3-4,7,17H,2,5-6,8,16H2. The van der Waals surface area contributed by atoms with Gasteiger partial charge in [0.05, 0.1) is 6.61 Å². The second-order valence-corrected chi connectivity index (χ2v) is 4.62. The zero-order valence-corrected chi connectivity index (χ0v) is 11.6. The quantitative estimate of drug-likeness (QED) is 0.459. The predicted molar refractivity (Wildman–Crippen MR) is 80.4 cm³/mol. The van der Waals surface area contributed by atoms with Gasteiger partial charge in [0.15, 0.2) is 0 Å². The van der Waals surface area contributed by atoms with E-state index in [1.807, 2.05) is 24.3 Å². The first-order chi connectivity index (χ1) is 9.63. The van der Waals surface area contributed by atoms with Crippen LogP contribution in [-0.4, -0.2) is 13.2 Å². The van der Waals surface area contributed by atoms with Gasteiger partial charge < -0.3 is 15.8 Å². The molecule has 0 radical (unpaired) electrons. The summed E-state index contributed by atoms with van der Waals surface area (Å²) in [6.07, 6.45) is 0.684. The summed E-state index contributed by atoms with van der Waals surface area (Å²) in [5.41, 5.74) is 5.48. The predicted octanol–water partition coefficient (Wildman–Crippen LogP) is 1.48. The average Bonchev–Trinajstić information content (AvgIpc) is 2.50. The van der Waals surface area contributed by atoms with Crippen LogP contribution in [0, 0.1) is 0 Å². The zero-order chi connectivity index (χ0) is 14.5. The van der Waals surface area contributed by atoms with Gasteiger partial charge in [-0.15, -0.1) is 11.6 Å². The van der Waals surface area contributed by atoms with Gasteiger partial charge in [-0.25, -0.2) is 0 Å². The van der Waals surface area contributed by atoms with Gasteiger partial charge >= 0.3 is 0 Å². The molecule has 2 rings (SSSR count). The van der Waals surface area contributed by atoms with E-state index in [1.54, 1.807) is 0 Å². The van der Waals surface area contributed by atoms with Crippen LogP contribution in [0.5, 0.6) is 5.75 Å². The lowest BCUT2D eigenvalue weighted by Gasteiger charge is -2.10. The first kappa shape index (κ1) is 14.4. The molecule has 0 bridgehead atoms. The molecule has 0 unspecified atom stereocenters. The van der Waals surface area contributed by atoms with Gasteiger partial charge in [0, 0.05) is 12.4 Å². The number of benzene rings is 1. The van der Waals surface area contributed by atoms with Crippen molar-refractivity contribution >= 4 is 23.0 Å². The highest BCUT2D eigenvalue weighted by Gasteiger charge is 2.16. The molecule has 0 aliphatic rings. The van der Waals surface area contributed by atoms with Crippen LogP contribution in [0.1, 0.15) is 12.0 Å². The van der Waals surface area contributed by atoms with Crippen LogP contribution < -0.4 is 26.6 Å². The molecule has 0 amide bonds. The number of nitrogens with two attached hydrogens (primary N) is 1. The van der Waals surface area contributed by atoms with Gasteiger partial charge in [0.1, 0.15) is 17.1 Å². The van der Waals surface area contributed by atoms with Crippen molar-refractivity contribution in [2.45, 2.75) is 12.3 Å². The molecule has 0 atom stereocenters. The smallest absolute Gasteiger partial charge is 0.253 e. The van der Waals surface area contributed by atoms with E-state index in [9.17, 15) is 9.59 Å². The SMILES string of the molecule is Nc1c(NCCCOc2cccc(CCl)c2)c(=O)c1=O. The van der Waals surface area contributed by atoms with Crippen LogP contribution >= 0.6 is 11.6 Å². The Bertz CT molecular complexity index is 663. The van der Waals surface area contributed by atoms with Gasteiger partial charge in [-0.2, -0.15) is 0 Å². The summed E-state index contributed by atoms with van der Waals surface area (Å²) < 4.78 is 5.56. The van der Waals surface area contributed by atoms with Crippen molar-refractivity contribution in [3.05, 3.63) is 50.3 Å². The molecular formula is C14H15ClN2O3. The number of nitrogens with one attached hydrogen (secondary N) is 1. The molecule has 20 heavy (non-hydrogen) atoms. The van der Waals surface area contributed by atoms with E-state index in [0.717, 1.165) is 11.3 Å². The molecule has 2 aromatic carbocycles. The molecule has 0 spiro atoms. The summed E-state index contributed by atoms with van der Waals surface area (Å²) >= 11 is 5.74. The minimum atomic E-state index is -0.610. The monoisotopic (exact) mass is 294 g/mol. The summed E-state index contributed by atoms with van der Waals surface area (Å²) in [5.74, 6) is 1.21. The number of ether oxygens (including phenoxy) is 1. The maximum atomic E-state index is 11.1. The van der Waals surface area contributed by atoms with E-state index >= 15 is 0 Å². The highest BCUT2D eigenvalue weighted by atomic mass is 35.5. The largest absolute Gasteiger partial charge is 0.494 e. The van der Waals surface area contributed by atoms with Crippen molar-refractivity contribution in [3.8, 4) is 5.75 Å². The van der Waals surface area contributed by atoms with E-state index in [4.69, 9.17) is 22.1 Å². The molecular weight excluding hydrogens is 280 g/mol. The highest BCUT2D eigenvalue weighted by molar-refractivity contribution is 6.17. The fourth-order valence-electron chi connectivity index (χ4n) is 1.78. The number of nitrogen functional groups attached to an aromatic ring is 1. The van der Waals surface area contributed by atoms with Crippen molar-refractivity contribution in [1.82, 2.24) is 0 Å². The van der Waals surface area contributed by atoms with E-state index in [2.05, 4.69) is 5.32 Å². The van der Waals surface area contributed by atoms with E-state index in [-0.39, 0.29) is 11.4 Å². The summed E-state index contributed by atoms with van der Waals surface area (Å²) in [4.78, 5) is 22.0. The molecule has 0 aliphatic heterocycles. The lowest BCUT2D eigenvalue weighted by molar-refractivity contribution is 0.315. The van der Waals surface area contributed by atoms with Gasteiger partial charge in [-0.1, -0.05) is 12.1 Å². The Hall–Kier alpha value is -2.01. The molecule has 0 saturated carbocycles. The number of halogens is 1. The second-order valence-electron chi connectivity index (χ2n) is 4.36. The Balaban J connectivity index is 1.72. The van der Waals surface area contributed by atoms with Crippen LogP contribution in [0.4, 0.5) is 11.4 Å². The third-order valence-corrected chi connectivity index (χ3v) is 3.20. The van der Waals surface area contributed by atoms with E-state index in [1.165, 1.54) is 0 Å². The lowest BCUT2D eigenvalue weighted by Crippen LogP contribution is -2.37. The number of alkyl halides is 1. The maximum absolute atomic E-state index is 11.1. The molecule has 3 N–H and O–H groups in total. The summed E-state index contributed by atoms with van der Waals surface area (Å²) in [7, 11) is 0. The fourth-order valence-corrected chi connectivity index (χ4v) is 1.94. The molecule has 0 aromatic heterocycles. The molecule has 0 aliphatic carbocycles. The molecule has 0 saturated heterocycles. The molecule has 2 aromatic rings. The van der Waals surface area contributed by atoms with E-state index < -0.39 is 10.9 Å². The fraction of sp³-hybridized carbons (Fsp3) is 0.286. The number of anilines is 2. The topological polar surface area (TPSA) is 81.4 Å². The Morgan fingerprint density at radius 3 is 2.75 bits per heavy atom. The van der Waals surface area contributed by atoms with Crippen LogP contribution in [0.2, 0.25) is 0 Å². The minimum absolute atomic E-state index is 0.0192. The highest BCUT2D eigenvalue weighted by Crippen LogP contribution is 2.15. The van der Waals surface area contributed by atoms with Gasteiger partial charge in [-0.05, 0) is 24.1 Å². The third-order valence-electron chi connectivity index (χ3n) is 2.89. The van der Waals surface area contributed by atoms with Crippen LogP contribution in [-0.2, 0) is 5.88 Å². The zero-order valence-electron chi connectivity index (χ0n) is 10.8. The van der Waals surface area contributed by atoms with E-state index in [0.29, 0.717) is 25.5 Å². The van der Waals surface area contributed by atoms with Gasteiger partial charge in [0.25, 0.3) is 10.9 Å². The summed E-state index contributed by atoms with van der Waals surface area (Å²) in [6, 6.07) is 7.55. The average molecular weight is 295 g/mol. The van der Waals surface area contributed by atoms with Crippen molar-refractivity contribution in [2.24, 2.45) is 0 Å². The van der Waals surface area contributed by atoms with Crippen molar-refractivity contribution < 1.29 is 4.74 Å². The Morgan fingerprint density at radius 2 is 2.05 bits per heavy atom. The third kappa shape index (κ3) is 3.11. The summed E-state index contributed by atoms with van der Waals surface area (Å²) in [5, 5.41) is 2.84. The number of hydrogen-bond acceptors (Lipinski definition) is 5. The number of rotatable bonds is 7. The minimum Gasteiger partial charge on any atom is -0.494 e. The molecule has 106 valence electrons. The molecule has 0 fully saturated rings. The van der Waals surface area contributed by atoms with Crippen LogP contribution in [0.25, 0.3) is 0 Å². The van der Waals surface area contributed by atoms with Gasteiger partial charge in [0.2, 0.25) is 0 Å². The summed E-state index contributed by atoms with van der Waals surface area (Å²) in [6.45, 7) is 1.01. The molecule has 0 heterocycles.